The summed E-state index contributed by atoms with van der Waals surface area (Å²) < 4.78 is 0. The number of carbonyl (C=O) groups is 2. The molecule has 0 bridgehead atoms. The van der Waals surface area contributed by atoms with Crippen molar-refractivity contribution in [2.75, 3.05) is 0 Å². The summed E-state index contributed by atoms with van der Waals surface area (Å²) in [5.41, 5.74) is 0.831. The van der Waals surface area contributed by atoms with Crippen LogP contribution in [0, 0.1) is 0 Å². The number of carboxylic acids is 1. The Balaban J connectivity index is 2.80. The number of hydrogen-bond donors (Lipinski definition) is 3. The number of nitrogens with one attached hydrogen (secondary N) is 1. The van der Waals surface area contributed by atoms with Gasteiger partial charge in [0.15, 0.2) is 0 Å². The standard InChI is InChI=1S/C11H13NO4/c1-7(12-11(15)16)6-8-4-2-3-5-9(8)10(13)14/h2-5,7,12H,6H2,1H3,(H,13,14)(H,15,16)/t7-/m0/s1. The van der Waals surface area contributed by atoms with E-state index in [2.05, 4.69) is 5.32 Å². The van der Waals surface area contributed by atoms with Gasteiger partial charge in [-0.2, -0.15) is 0 Å². The Bertz CT molecular complexity index is 403. The summed E-state index contributed by atoms with van der Waals surface area (Å²) >= 11 is 0. The first-order chi connectivity index (χ1) is 7.50. The van der Waals surface area contributed by atoms with Gasteiger partial charge in [0.25, 0.3) is 0 Å². The fourth-order valence-corrected chi connectivity index (χ4v) is 1.50. The second kappa shape index (κ2) is 5.16. The first-order valence-corrected chi connectivity index (χ1v) is 4.81. The highest BCUT2D eigenvalue weighted by Gasteiger charge is 2.12. The normalized spacial score (nSPS) is 11.8. The van der Waals surface area contributed by atoms with Gasteiger partial charge < -0.3 is 15.5 Å². The number of hydrogen-bond acceptors (Lipinski definition) is 2. The Labute approximate surface area is 92.7 Å². The van der Waals surface area contributed by atoms with Crippen LogP contribution in [0.25, 0.3) is 0 Å². The largest absolute Gasteiger partial charge is 0.478 e. The molecule has 0 radical (unpaired) electrons. The highest BCUT2D eigenvalue weighted by Crippen LogP contribution is 2.11. The first-order valence-electron chi connectivity index (χ1n) is 4.81. The average Bonchev–Trinajstić information content (AvgIpc) is 2.16. The van der Waals surface area contributed by atoms with Crippen LogP contribution in [-0.2, 0) is 6.42 Å². The minimum absolute atomic E-state index is 0.210. The molecule has 0 spiro atoms. The molecule has 5 nitrogen and oxygen atoms in total. The fourth-order valence-electron chi connectivity index (χ4n) is 1.50. The second-order valence-corrected chi connectivity index (χ2v) is 3.52. The molecule has 5 heteroatoms. The Morgan fingerprint density at radius 3 is 2.50 bits per heavy atom. The molecule has 0 aliphatic rings. The van der Waals surface area contributed by atoms with Crippen molar-refractivity contribution in [3.63, 3.8) is 0 Å². The number of benzene rings is 1. The highest BCUT2D eigenvalue weighted by atomic mass is 16.4. The van der Waals surface area contributed by atoms with Crippen molar-refractivity contribution < 1.29 is 19.8 Å². The fraction of sp³-hybridized carbons (Fsp3) is 0.273. The third kappa shape index (κ3) is 3.27. The maximum Gasteiger partial charge on any atom is 0.404 e. The minimum atomic E-state index is -1.11. The minimum Gasteiger partial charge on any atom is -0.478 e. The van der Waals surface area contributed by atoms with Gasteiger partial charge in [0.1, 0.15) is 0 Å². The lowest BCUT2D eigenvalue weighted by Gasteiger charge is -2.12. The van der Waals surface area contributed by atoms with E-state index in [4.69, 9.17) is 10.2 Å². The molecule has 0 saturated carbocycles. The molecule has 3 N–H and O–H groups in total. The molecule has 0 fully saturated rings. The van der Waals surface area contributed by atoms with E-state index >= 15 is 0 Å². The van der Waals surface area contributed by atoms with Crippen LogP contribution < -0.4 is 5.32 Å². The molecule has 1 aromatic carbocycles. The van der Waals surface area contributed by atoms with Crippen molar-refractivity contribution in [3.8, 4) is 0 Å². The van der Waals surface area contributed by atoms with Gasteiger partial charge >= 0.3 is 12.1 Å². The maximum absolute atomic E-state index is 10.9. The van der Waals surface area contributed by atoms with Gasteiger partial charge in [0, 0.05) is 6.04 Å². The molecule has 1 atom stereocenters. The van der Waals surface area contributed by atoms with Crippen molar-refractivity contribution in [2.24, 2.45) is 0 Å². The van der Waals surface area contributed by atoms with E-state index in [0.29, 0.717) is 12.0 Å². The lowest BCUT2D eigenvalue weighted by atomic mass is 10.0. The molecule has 0 heterocycles. The van der Waals surface area contributed by atoms with Crippen LogP contribution in [-0.4, -0.2) is 28.3 Å². The molecule has 0 aliphatic carbocycles. The Morgan fingerprint density at radius 2 is 1.94 bits per heavy atom. The lowest BCUT2D eigenvalue weighted by molar-refractivity contribution is 0.0695. The summed E-state index contributed by atoms with van der Waals surface area (Å²) in [7, 11) is 0. The van der Waals surface area contributed by atoms with Gasteiger partial charge in [0.2, 0.25) is 0 Å². The van der Waals surface area contributed by atoms with E-state index in [0.717, 1.165) is 0 Å². The lowest BCUT2D eigenvalue weighted by Crippen LogP contribution is -2.33. The van der Waals surface area contributed by atoms with Gasteiger partial charge in [-0.25, -0.2) is 9.59 Å². The molecule has 0 saturated heterocycles. The maximum atomic E-state index is 10.9. The molecule has 1 aromatic rings. The van der Waals surface area contributed by atoms with Crippen LogP contribution in [0.4, 0.5) is 4.79 Å². The van der Waals surface area contributed by atoms with Gasteiger partial charge in [-0.1, -0.05) is 18.2 Å². The van der Waals surface area contributed by atoms with Crippen molar-refractivity contribution in [3.05, 3.63) is 35.4 Å². The monoisotopic (exact) mass is 223 g/mol. The van der Waals surface area contributed by atoms with Gasteiger partial charge in [0.05, 0.1) is 5.56 Å². The second-order valence-electron chi connectivity index (χ2n) is 3.52. The zero-order valence-electron chi connectivity index (χ0n) is 8.80. The number of carboxylic acid groups (broad SMARTS) is 2. The average molecular weight is 223 g/mol. The third-order valence-electron chi connectivity index (χ3n) is 2.14. The van der Waals surface area contributed by atoms with E-state index in [-0.39, 0.29) is 11.6 Å². The molecular weight excluding hydrogens is 210 g/mol. The predicted molar refractivity (Wildman–Crippen MR) is 57.7 cm³/mol. The summed E-state index contributed by atoms with van der Waals surface area (Å²) in [4.78, 5) is 21.3. The van der Waals surface area contributed by atoms with Crippen LogP contribution in [0.5, 0.6) is 0 Å². The van der Waals surface area contributed by atoms with Crippen LogP contribution >= 0.6 is 0 Å². The molecule has 0 unspecified atom stereocenters. The van der Waals surface area contributed by atoms with E-state index in [1.165, 1.54) is 6.07 Å². The van der Waals surface area contributed by atoms with Gasteiger partial charge in [-0.05, 0) is 25.0 Å². The van der Waals surface area contributed by atoms with Crippen LogP contribution in [0.2, 0.25) is 0 Å². The van der Waals surface area contributed by atoms with Crippen LogP contribution in [0.3, 0.4) is 0 Å². The smallest absolute Gasteiger partial charge is 0.404 e. The van der Waals surface area contributed by atoms with Gasteiger partial charge in [-0.15, -0.1) is 0 Å². The Kier molecular flexibility index (Phi) is 3.88. The summed E-state index contributed by atoms with van der Waals surface area (Å²) in [6.45, 7) is 1.69. The molecule has 1 amide bonds. The zero-order valence-corrected chi connectivity index (χ0v) is 8.80. The Morgan fingerprint density at radius 1 is 1.31 bits per heavy atom. The zero-order chi connectivity index (χ0) is 12.1. The summed E-state index contributed by atoms with van der Waals surface area (Å²) in [5.74, 6) is -1.00. The van der Waals surface area contributed by atoms with Crippen LogP contribution in [0.1, 0.15) is 22.8 Å². The van der Waals surface area contributed by atoms with Gasteiger partial charge in [-0.3, -0.25) is 0 Å². The van der Waals surface area contributed by atoms with Crippen molar-refractivity contribution in [2.45, 2.75) is 19.4 Å². The number of rotatable bonds is 4. The molecule has 1 rings (SSSR count). The van der Waals surface area contributed by atoms with E-state index in [1.807, 2.05) is 0 Å². The first kappa shape index (κ1) is 12.0. The third-order valence-corrected chi connectivity index (χ3v) is 2.14. The SMILES string of the molecule is C[C@@H](Cc1ccccc1C(=O)O)NC(=O)O. The Hall–Kier alpha value is -2.04. The van der Waals surface area contributed by atoms with E-state index in [9.17, 15) is 9.59 Å². The molecular formula is C11H13NO4. The van der Waals surface area contributed by atoms with E-state index < -0.39 is 12.1 Å². The summed E-state index contributed by atoms with van der Waals surface area (Å²) in [5, 5.41) is 19.7. The highest BCUT2D eigenvalue weighted by molar-refractivity contribution is 5.89. The summed E-state index contributed by atoms with van der Waals surface area (Å²) in [6, 6.07) is 6.24. The molecule has 16 heavy (non-hydrogen) atoms. The quantitative estimate of drug-likeness (QED) is 0.723. The van der Waals surface area contributed by atoms with Crippen LogP contribution in [0.15, 0.2) is 24.3 Å². The summed E-state index contributed by atoms with van der Waals surface area (Å²) in [6.07, 6.45) is -0.755. The molecule has 86 valence electrons. The molecule has 0 aromatic heterocycles. The van der Waals surface area contributed by atoms with Crippen molar-refractivity contribution in [1.82, 2.24) is 5.32 Å². The number of amides is 1. The number of aromatic carboxylic acids is 1. The topological polar surface area (TPSA) is 86.6 Å². The van der Waals surface area contributed by atoms with Crippen molar-refractivity contribution >= 4 is 12.1 Å². The van der Waals surface area contributed by atoms with Crippen molar-refractivity contribution in [1.29, 1.82) is 0 Å². The van der Waals surface area contributed by atoms with E-state index in [1.54, 1.807) is 25.1 Å². The molecule has 0 aliphatic heterocycles. The predicted octanol–water partition coefficient (Wildman–Crippen LogP) is 1.58.